The molecule has 0 radical (unpaired) electrons. The maximum absolute atomic E-state index is 8.95. The van der Waals surface area contributed by atoms with Crippen molar-refractivity contribution in [3.63, 3.8) is 0 Å². The Morgan fingerprint density at radius 2 is 1.77 bits per heavy atom. The SMILES string of the molecule is OCc1cccc(B(O)O)c1CO. The molecule has 4 N–H and O–H groups in total. The Kier molecular flexibility index (Phi) is 3.44. The lowest BCUT2D eigenvalue weighted by Crippen LogP contribution is -2.33. The molecule has 5 heteroatoms. The Morgan fingerprint density at radius 1 is 1.08 bits per heavy atom. The number of aliphatic hydroxyl groups is 2. The summed E-state index contributed by atoms with van der Waals surface area (Å²) in [5.74, 6) is 0. The minimum absolute atomic E-state index is 0.226. The molecule has 0 aromatic heterocycles. The van der Waals surface area contributed by atoms with Gasteiger partial charge in [0, 0.05) is 0 Å². The molecule has 1 aromatic rings. The highest BCUT2D eigenvalue weighted by Crippen LogP contribution is 2.06. The van der Waals surface area contributed by atoms with Gasteiger partial charge in [0.05, 0.1) is 13.2 Å². The Morgan fingerprint density at radius 3 is 2.23 bits per heavy atom. The molecule has 0 unspecified atom stereocenters. The lowest BCUT2D eigenvalue weighted by atomic mass is 9.76. The number of hydrogen-bond donors (Lipinski definition) is 4. The van der Waals surface area contributed by atoms with Crippen molar-refractivity contribution >= 4 is 12.6 Å². The molecule has 0 aliphatic heterocycles. The van der Waals surface area contributed by atoms with Crippen molar-refractivity contribution < 1.29 is 20.3 Å². The van der Waals surface area contributed by atoms with Gasteiger partial charge in [-0.2, -0.15) is 0 Å². The van der Waals surface area contributed by atoms with Crippen LogP contribution in [0.15, 0.2) is 18.2 Å². The highest BCUT2D eigenvalue weighted by molar-refractivity contribution is 6.59. The summed E-state index contributed by atoms with van der Waals surface area (Å²) in [6.45, 7) is -0.542. The van der Waals surface area contributed by atoms with Gasteiger partial charge in [0.25, 0.3) is 0 Å². The molecule has 0 spiro atoms. The summed E-state index contributed by atoms with van der Waals surface area (Å²) in [7, 11) is -1.62. The van der Waals surface area contributed by atoms with Crippen molar-refractivity contribution in [2.24, 2.45) is 0 Å². The molecular formula is C8H11BO4. The normalized spacial score (nSPS) is 10.2. The number of aliphatic hydroxyl groups excluding tert-OH is 2. The summed E-state index contributed by atoms with van der Waals surface area (Å²) >= 11 is 0. The van der Waals surface area contributed by atoms with Crippen molar-refractivity contribution in [1.29, 1.82) is 0 Å². The fourth-order valence-corrected chi connectivity index (χ4v) is 1.24. The van der Waals surface area contributed by atoms with Crippen LogP contribution < -0.4 is 5.46 Å². The monoisotopic (exact) mass is 182 g/mol. The summed E-state index contributed by atoms with van der Waals surface area (Å²) in [5.41, 5.74) is 1.11. The zero-order valence-electron chi connectivity index (χ0n) is 7.01. The number of benzene rings is 1. The van der Waals surface area contributed by atoms with E-state index in [2.05, 4.69) is 0 Å². The van der Waals surface area contributed by atoms with Crippen LogP contribution in [-0.4, -0.2) is 27.4 Å². The van der Waals surface area contributed by atoms with E-state index in [1.54, 1.807) is 12.1 Å². The smallest absolute Gasteiger partial charge is 0.423 e. The van der Waals surface area contributed by atoms with Crippen LogP contribution in [0.4, 0.5) is 0 Å². The van der Waals surface area contributed by atoms with E-state index < -0.39 is 7.12 Å². The third-order valence-corrected chi connectivity index (χ3v) is 1.92. The first-order valence-electron chi connectivity index (χ1n) is 3.89. The molecule has 1 aromatic carbocycles. The van der Waals surface area contributed by atoms with E-state index in [1.165, 1.54) is 6.07 Å². The minimum atomic E-state index is -1.62. The zero-order chi connectivity index (χ0) is 9.84. The Hall–Kier alpha value is -0.875. The van der Waals surface area contributed by atoms with Gasteiger partial charge < -0.3 is 20.3 Å². The molecule has 0 fully saturated rings. The highest BCUT2D eigenvalue weighted by Gasteiger charge is 2.17. The van der Waals surface area contributed by atoms with Gasteiger partial charge in [-0.05, 0) is 16.6 Å². The third kappa shape index (κ3) is 2.08. The van der Waals surface area contributed by atoms with Gasteiger partial charge in [-0.1, -0.05) is 18.2 Å². The van der Waals surface area contributed by atoms with Crippen molar-refractivity contribution in [2.45, 2.75) is 13.2 Å². The van der Waals surface area contributed by atoms with Gasteiger partial charge >= 0.3 is 7.12 Å². The second kappa shape index (κ2) is 4.39. The van der Waals surface area contributed by atoms with E-state index in [0.717, 1.165) is 0 Å². The van der Waals surface area contributed by atoms with Crippen LogP contribution in [0.25, 0.3) is 0 Å². The van der Waals surface area contributed by atoms with Crippen LogP contribution in [0.2, 0.25) is 0 Å². The largest absolute Gasteiger partial charge is 0.488 e. The third-order valence-electron chi connectivity index (χ3n) is 1.92. The van der Waals surface area contributed by atoms with Crippen molar-refractivity contribution in [2.75, 3.05) is 0 Å². The van der Waals surface area contributed by atoms with E-state index >= 15 is 0 Å². The van der Waals surface area contributed by atoms with Crippen LogP contribution in [-0.2, 0) is 13.2 Å². The molecule has 0 aliphatic rings. The van der Waals surface area contributed by atoms with Crippen LogP contribution in [0.3, 0.4) is 0 Å². The maximum Gasteiger partial charge on any atom is 0.488 e. The van der Waals surface area contributed by atoms with Crippen LogP contribution >= 0.6 is 0 Å². The van der Waals surface area contributed by atoms with Gasteiger partial charge in [0.2, 0.25) is 0 Å². The summed E-state index contributed by atoms with van der Waals surface area (Å²) in [6.07, 6.45) is 0. The maximum atomic E-state index is 8.95. The average Bonchev–Trinajstić information content (AvgIpc) is 2.16. The molecule has 13 heavy (non-hydrogen) atoms. The van der Waals surface area contributed by atoms with Crippen LogP contribution in [0, 0.1) is 0 Å². The van der Waals surface area contributed by atoms with Gasteiger partial charge in [-0.3, -0.25) is 0 Å². The summed E-state index contributed by atoms with van der Waals surface area (Å²) in [6, 6.07) is 4.71. The first-order chi connectivity index (χ1) is 6.20. The fourth-order valence-electron chi connectivity index (χ4n) is 1.24. The van der Waals surface area contributed by atoms with Crippen LogP contribution in [0.1, 0.15) is 11.1 Å². The molecule has 0 bridgehead atoms. The standard InChI is InChI=1S/C8H11BO4/c10-4-6-2-1-3-8(9(12)13)7(6)5-11/h1-3,10-13H,4-5H2. The molecule has 0 saturated heterocycles. The number of rotatable bonds is 3. The fraction of sp³-hybridized carbons (Fsp3) is 0.250. The molecule has 70 valence electrons. The van der Waals surface area contributed by atoms with E-state index in [0.29, 0.717) is 11.1 Å². The van der Waals surface area contributed by atoms with Crippen molar-refractivity contribution in [1.82, 2.24) is 0 Å². The van der Waals surface area contributed by atoms with E-state index in [9.17, 15) is 0 Å². The molecule has 0 saturated carbocycles. The highest BCUT2D eigenvalue weighted by atomic mass is 16.4. The predicted molar refractivity (Wildman–Crippen MR) is 48.1 cm³/mol. The molecule has 4 nitrogen and oxygen atoms in total. The van der Waals surface area contributed by atoms with E-state index in [4.69, 9.17) is 20.3 Å². The Bertz CT molecular complexity index is 287. The quantitative estimate of drug-likeness (QED) is 0.422. The van der Waals surface area contributed by atoms with E-state index in [1.807, 2.05) is 0 Å². The molecule has 1 rings (SSSR count). The van der Waals surface area contributed by atoms with Gasteiger partial charge in [-0.25, -0.2) is 0 Å². The summed E-state index contributed by atoms with van der Waals surface area (Å²) in [4.78, 5) is 0. The number of hydrogen-bond acceptors (Lipinski definition) is 4. The van der Waals surface area contributed by atoms with Crippen molar-refractivity contribution in [3.8, 4) is 0 Å². The van der Waals surface area contributed by atoms with Gasteiger partial charge in [0.1, 0.15) is 0 Å². The Balaban J connectivity index is 3.19. The lowest BCUT2D eigenvalue weighted by molar-refractivity contribution is 0.260. The molecule has 0 amide bonds. The zero-order valence-corrected chi connectivity index (χ0v) is 7.01. The van der Waals surface area contributed by atoms with Gasteiger partial charge in [-0.15, -0.1) is 0 Å². The Labute approximate surface area is 76.2 Å². The van der Waals surface area contributed by atoms with E-state index in [-0.39, 0.29) is 18.7 Å². The first kappa shape index (κ1) is 10.2. The molecule has 0 atom stereocenters. The first-order valence-corrected chi connectivity index (χ1v) is 3.89. The molecular weight excluding hydrogens is 171 g/mol. The topological polar surface area (TPSA) is 80.9 Å². The van der Waals surface area contributed by atoms with Gasteiger partial charge in [0.15, 0.2) is 0 Å². The predicted octanol–water partition coefficient (Wildman–Crippen LogP) is -1.65. The molecule has 0 aliphatic carbocycles. The average molecular weight is 182 g/mol. The van der Waals surface area contributed by atoms with Crippen molar-refractivity contribution in [3.05, 3.63) is 29.3 Å². The second-order valence-electron chi connectivity index (χ2n) is 2.67. The second-order valence-corrected chi connectivity index (χ2v) is 2.67. The summed E-state index contributed by atoms with van der Waals surface area (Å²) < 4.78 is 0. The van der Waals surface area contributed by atoms with Crippen LogP contribution in [0.5, 0.6) is 0 Å². The summed E-state index contributed by atoms with van der Waals surface area (Å²) in [5, 5.41) is 35.7. The molecule has 0 heterocycles. The lowest BCUT2D eigenvalue weighted by Gasteiger charge is -2.10. The minimum Gasteiger partial charge on any atom is -0.423 e.